The highest BCUT2D eigenvalue weighted by atomic mass is 35.5. The number of rotatable bonds is 2. The molecular formula is C14H17ClN4O2. The number of halogens is 1. The molecule has 1 fully saturated rings. The van der Waals surface area contributed by atoms with Gasteiger partial charge in [0.2, 0.25) is 0 Å². The Labute approximate surface area is 127 Å². The van der Waals surface area contributed by atoms with Crippen molar-refractivity contribution in [3.63, 3.8) is 0 Å². The topological polar surface area (TPSA) is 65.6 Å². The van der Waals surface area contributed by atoms with Gasteiger partial charge < -0.3 is 14.5 Å². The van der Waals surface area contributed by atoms with E-state index in [4.69, 9.17) is 16.1 Å². The molecule has 3 rings (SSSR count). The van der Waals surface area contributed by atoms with Gasteiger partial charge in [0, 0.05) is 24.7 Å². The summed E-state index contributed by atoms with van der Waals surface area (Å²) >= 11 is 5.95. The minimum atomic E-state index is 0.0729. The number of phenolic OH excluding ortho intramolecular Hbond substituents is 1. The van der Waals surface area contributed by atoms with E-state index in [0.717, 1.165) is 19.6 Å². The molecule has 112 valence electrons. The molecule has 21 heavy (non-hydrogen) atoms. The summed E-state index contributed by atoms with van der Waals surface area (Å²) in [4.78, 5) is 8.86. The number of nitrogens with zero attached hydrogens (tertiary/aromatic N) is 4. The van der Waals surface area contributed by atoms with Gasteiger partial charge in [-0.25, -0.2) is 0 Å². The number of hydrogen-bond acceptors (Lipinski definition) is 6. The predicted molar refractivity (Wildman–Crippen MR) is 79.3 cm³/mol. The summed E-state index contributed by atoms with van der Waals surface area (Å²) in [5.41, 5.74) is 0.452. The first-order chi connectivity index (χ1) is 10.0. The first-order valence-electron chi connectivity index (χ1n) is 6.76. The molecule has 0 saturated carbocycles. The molecule has 1 N–H and O–H groups in total. The lowest BCUT2D eigenvalue weighted by Gasteiger charge is -2.35. The lowest BCUT2D eigenvalue weighted by atomic mass is 10.1. The van der Waals surface area contributed by atoms with Gasteiger partial charge in [-0.05, 0) is 32.3 Å². The molecule has 0 amide bonds. The van der Waals surface area contributed by atoms with Crippen molar-refractivity contribution >= 4 is 11.6 Å². The smallest absolute Gasteiger partial charge is 0.261 e. The summed E-state index contributed by atoms with van der Waals surface area (Å²) < 4.78 is 5.30. The van der Waals surface area contributed by atoms with Crippen LogP contribution in [0.3, 0.4) is 0 Å². The molecule has 1 unspecified atom stereocenters. The largest absolute Gasteiger partial charge is 0.507 e. The van der Waals surface area contributed by atoms with Gasteiger partial charge in [-0.15, -0.1) is 0 Å². The van der Waals surface area contributed by atoms with E-state index in [-0.39, 0.29) is 17.7 Å². The van der Waals surface area contributed by atoms with Crippen molar-refractivity contribution in [1.82, 2.24) is 19.9 Å². The van der Waals surface area contributed by atoms with Gasteiger partial charge in [0.15, 0.2) is 5.82 Å². The van der Waals surface area contributed by atoms with Crippen LogP contribution in [0.1, 0.15) is 11.9 Å². The van der Waals surface area contributed by atoms with E-state index in [9.17, 15) is 5.11 Å². The lowest BCUT2D eigenvalue weighted by Crippen LogP contribution is -2.45. The van der Waals surface area contributed by atoms with Crippen LogP contribution in [-0.4, -0.2) is 58.8 Å². The maximum absolute atomic E-state index is 9.90. The van der Waals surface area contributed by atoms with Crippen LogP contribution in [0.15, 0.2) is 22.7 Å². The Hall–Kier alpha value is -1.63. The predicted octanol–water partition coefficient (Wildman–Crippen LogP) is 2.01. The summed E-state index contributed by atoms with van der Waals surface area (Å²) in [7, 11) is 4.12. The summed E-state index contributed by atoms with van der Waals surface area (Å²) in [5, 5.41) is 14.5. The van der Waals surface area contributed by atoms with Gasteiger partial charge in [-0.3, -0.25) is 4.90 Å². The van der Waals surface area contributed by atoms with Crippen molar-refractivity contribution in [3.05, 3.63) is 29.0 Å². The van der Waals surface area contributed by atoms with Gasteiger partial charge in [0.05, 0.1) is 11.6 Å². The molecule has 0 bridgehead atoms. The minimum Gasteiger partial charge on any atom is -0.507 e. The molecule has 1 saturated heterocycles. The van der Waals surface area contributed by atoms with Gasteiger partial charge in [0.25, 0.3) is 5.89 Å². The van der Waals surface area contributed by atoms with Crippen molar-refractivity contribution in [1.29, 1.82) is 0 Å². The third-order valence-corrected chi connectivity index (χ3v) is 4.01. The van der Waals surface area contributed by atoms with Crippen LogP contribution in [0.5, 0.6) is 5.75 Å². The highest BCUT2D eigenvalue weighted by molar-refractivity contribution is 6.30. The quantitative estimate of drug-likeness (QED) is 0.915. The second kappa shape index (κ2) is 5.63. The number of phenols is 1. The lowest BCUT2D eigenvalue weighted by molar-refractivity contribution is 0.108. The third kappa shape index (κ3) is 2.88. The van der Waals surface area contributed by atoms with Crippen LogP contribution in [-0.2, 0) is 0 Å². The Balaban J connectivity index is 1.91. The Morgan fingerprint density at radius 3 is 2.95 bits per heavy atom. The van der Waals surface area contributed by atoms with E-state index in [0.29, 0.717) is 16.4 Å². The molecule has 1 aliphatic rings. The highest BCUT2D eigenvalue weighted by Crippen LogP contribution is 2.31. The zero-order valence-corrected chi connectivity index (χ0v) is 12.7. The number of hydrogen-bond donors (Lipinski definition) is 1. The van der Waals surface area contributed by atoms with E-state index in [1.165, 1.54) is 6.07 Å². The highest BCUT2D eigenvalue weighted by Gasteiger charge is 2.28. The number of likely N-dealkylation sites (N-methyl/N-ethyl adjacent to an activating group) is 2. The second-order valence-electron chi connectivity index (χ2n) is 5.38. The fourth-order valence-corrected chi connectivity index (χ4v) is 2.62. The Morgan fingerprint density at radius 2 is 2.14 bits per heavy atom. The van der Waals surface area contributed by atoms with Crippen molar-refractivity contribution in [2.24, 2.45) is 0 Å². The molecule has 7 heteroatoms. The zero-order valence-electron chi connectivity index (χ0n) is 12.0. The van der Waals surface area contributed by atoms with Gasteiger partial charge in [-0.1, -0.05) is 16.8 Å². The Kier molecular flexibility index (Phi) is 3.84. The molecule has 2 aromatic rings. The van der Waals surface area contributed by atoms with E-state index in [1.54, 1.807) is 12.1 Å². The van der Waals surface area contributed by atoms with Crippen LogP contribution in [0, 0.1) is 0 Å². The summed E-state index contributed by atoms with van der Waals surface area (Å²) in [5.74, 6) is 0.980. The number of aromatic nitrogens is 2. The van der Waals surface area contributed by atoms with Gasteiger partial charge in [0.1, 0.15) is 5.75 Å². The van der Waals surface area contributed by atoms with Crippen LogP contribution in [0.2, 0.25) is 5.02 Å². The molecule has 2 heterocycles. The first kappa shape index (κ1) is 14.3. The minimum absolute atomic E-state index is 0.0729. The standard InChI is InChI=1S/C14H17ClN4O2/c1-18-5-6-19(2)11(8-18)13-16-14(21-17-13)10-7-9(15)3-4-12(10)20/h3-4,7,11,20H,5-6,8H2,1-2H3. The van der Waals surface area contributed by atoms with Gasteiger partial charge >= 0.3 is 0 Å². The summed E-state index contributed by atoms with van der Waals surface area (Å²) in [6.45, 7) is 2.82. The van der Waals surface area contributed by atoms with E-state index in [2.05, 4.69) is 27.0 Å². The maximum Gasteiger partial charge on any atom is 0.261 e. The van der Waals surface area contributed by atoms with Crippen LogP contribution >= 0.6 is 11.6 Å². The van der Waals surface area contributed by atoms with E-state index < -0.39 is 0 Å². The molecule has 1 atom stereocenters. The van der Waals surface area contributed by atoms with Crippen LogP contribution in [0.4, 0.5) is 0 Å². The third-order valence-electron chi connectivity index (χ3n) is 3.78. The molecule has 6 nitrogen and oxygen atoms in total. The number of benzene rings is 1. The van der Waals surface area contributed by atoms with E-state index in [1.807, 2.05) is 7.05 Å². The van der Waals surface area contributed by atoms with Crippen molar-refractivity contribution in [2.75, 3.05) is 33.7 Å². The molecule has 1 aromatic carbocycles. The van der Waals surface area contributed by atoms with Crippen LogP contribution in [0.25, 0.3) is 11.5 Å². The molecule has 1 aliphatic heterocycles. The Morgan fingerprint density at radius 1 is 1.33 bits per heavy atom. The molecule has 0 spiro atoms. The average Bonchev–Trinajstić information content (AvgIpc) is 2.93. The SMILES string of the molecule is CN1CCN(C)C(c2noc(-c3cc(Cl)ccc3O)n2)C1. The number of piperazine rings is 1. The first-order valence-corrected chi connectivity index (χ1v) is 7.13. The fraction of sp³-hybridized carbons (Fsp3) is 0.429. The van der Waals surface area contributed by atoms with Crippen molar-refractivity contribution in [2.45, 2.75) is 6.04 Å². The Bertz CT molecular complexity index is 646. The monoisotopic (exact) mass is 308 g/mol. The molecular weight excluding hydrogens is 292 g/mol. The zero-order chi connectivity index (χ0) is 15.0. The molecule has 0 radical (unpaired) electrons. The van der Waals surface area contributed by atoms with Crippen molar-refractivity contribution < 1.29 is 9.63 Å². The second-order valence-corrected chi connectivity index (χ2v) is 5.81. The van der Waals surface area contributed by atoms with Crippen molar-refractivity contribution in [3.8, 4) is 17.2 Å². The van der Waals surface area contributed by atoms with E-state index >= 15 is 0 Å². The number of aromatic hydroxyl groups is 1. The summed E-state index contributed by atoms with van der Waals surface area (Å²) in [6, 6.07) is 4.83. The molecule has 0 aliphatic carbocycles. The van der Waals surface area contributed by atoms with Crippen LogP contribution < -0.4 is 0 Å². The molecule has 1 aromatic heterocycles. The maximum atomic E-state index is 9.90. The average molecular weight is 309 g/mol. The normalized spacial score (nSPS) is 20.8. The summed E-state index contributed by atoms with van der Waals surface area (Å²) in [6.07, 6.45) is 0. The van der Waals surface area contributed by atoms with Gasteiger partial charge in [-0.2, -0.15) is 4.98 Å². The fourth-order valence-electron chi connectivity index (χ4n) is 2.45.